The van der Waals surface area contributed by atoms with E-state index in [1.165, 1.54) is 23.5 Å². The zero-order chi connectivity index (χ0) is 18.5. The first-order chi connectivity index (χ1) is 12.5. The van der Waals surface area contributed by atoms with Gasteiger partial charge in [-0.15, -0.1) is 11.3 Å². The molecule has 0 bridgehead atoms. The first kappa shape index (κ1) is 17.8. The molecule has 0 aliphatic carbocycles. The van der Waals surface area contributed by atoms with Crippen molar-refractivity contribution in [2.24, 2.45) is 10.1 Å². The van der Waals surface area contributed by atoms with Gasteiger partial charge in [0.2, 0.25) is 4.80 Å². The van der Waals surface area contributed by atoms with E-state index in [1.807, 2.05) is 12.3 Å². The normalized spacial score (nSPS) is 12.0. The number of aromatic hydroxyl groups is 1. The van der Waals surface area contributed by atoms with Crippen LogP contribution in [0.2, 0.25) is 0 Å². The Labute approximate surface area is 154 Å². The van der Waals surface area contributed by atoms with Gasteiger partial charge in [0.25, 0.3) is 0 Å². The summed E-state index contributed by atoms with van der Waals surface area (Å²) in [7, 11) is 0. The van der Waals surface area contributed by atoms with Crippen molar-refractivity contribution in [1.29, 1.82) is 0 Å². The monoisotopic (exact) mass is 367 g/mol. The molecule has 1 aromatic heterocycles. The zero-order valence-electron chi connectivity index (χ0n) is 14.3. The summed E-state index contributed by atoms with van der Waals surface area (Å²) in [5.41, 5.74) is 3.47. The number of aromatic nitrogens is 1. The predicted molar refractivity (Wildman–Crippen MR) is 104 cm³/mol. The van der Waals surface area contributed by atoms with Crippen LogP contribution >= 0.6 is 11.3 Å². The number of hydrogen-bond donors (Lipinski definition) is 1. The highest BCUT2D eigenvalue weighted by atomic mass is 32.1. The number of halogens is 1. The van der Waals surface area contributed by atoms with Gasteiger partial charge in [-0.05, 0) is 61.0 Å². The fourth-order valence-corrected chi connectivity index (χ4v) is 3.06. The van der Waals surface area contributed by atoms with E-state index in [0.717, 1.165) is 27.2 Å². The van der Waals surface area contributed by atoms with Crippen molar-refractivity contribution in [2.75, 3.05) is 6.54 Å². The Kier molecular flexibility index (Phi) is 5.43. The molecule has 4 nitrogen and oxygen atoms in total. The van der Waals surface area contributed by atoms with Crippen LogP contribution in [-0.2, 0) is 0 Å². The second-order valence-electron chi connectivity index (χ2n) is 5.83. The van der Waals surface area contributed by atoms with Crippen molar-refractivity contribution in [3.05, 3.63) is 82.2 Å². The van der Waals surface area contributed by atoms with Gasteiger partial charge in [0.05, 0.1) is 18.5 Å². The molecule has 0 aliphatic rings. The zero-order valence-corrected chi connectivity index (χ0v) is 15.1. The fraction of sp³-hybridized carbons (Fsp3) is 0.100. The predicted octanol–water partition coefficient (Wildman–Crippen LogP) is 4.42. The van der Waals surface area contributed by atoms with E-state index in [4.69, 9.17) is 0 Å². The summed E-state index contributed by atoms with van der Waals surface area (Å²) in [5, 5.41) is 15.9. The smallest absolute Gasteiger partial charge is 0.206 e. The van der Waals surface area contributed by atoms with Crippen molar-refractivity contribution < 1.29 is 9.50 Å². The maximum atomic E-state index is 13.2. The minimum atomic E-state index is -0.282. The third kappa shape index (κ3) is 4.34. The van der Waals surface area contributed by atoms with E-state index in [9.17, 15) is 9.50 Å². The average Bonchev–Trinajstić information content (AvgIpc) is 3.03. The van der Waals surface area contributed by atoms with Gasteiger partial charge in [0, 0.05) is 10.9 Å². The summed E-state index contributed by atoms with van der Waals surface area (Å²) in [6, 6.07) is 13.0. The van der Waals surface area contributed by atoms with Crippen LogP contribution in [0.5, 0.6) is 5.75 Å². The van der Waals surface area contributed by atoms with Gasteiger partial charge in [0.1, 0.15) is 11.6 Å². The molecule has 2 aromatic carbocycles. The summed E-state index contributed by atoms with van der Waals surface area (Å²) in [4.78, 5) is 5.27. The lowest BCUT2D eigenvalue weighted by atomic mass is 10.2. The van der Waals surface area contributed by atoms with Crippen molar-refractivity contribution >= 4 is 17.6 Å². The number of hydrogen-bond acceptors (Lipinski definition) is 4. The number of benzene rings is 2. The third-order valence-corrected chi connectivity index (χ3v) is 4.38. The molecule has 1 heterocycles. The maximum Gasteiger partial charge on any atom is 0.206 e. The molecular formula is C20H18FN3OS. The SMILES string of the molecule is C=C(C)CN=c1scc(-c2ccc(F)cc2)n1N=Cc1ccc(O)cc1. The first-order valence-corrected chi connectivity index (χ1v) is 8.85. The second-order valence-corrected chi connectivity index (χ2v) is 6.67. The molecule has 0 aliphatic heterocycles. The summed E-state index contributed by atoms with van der Waals surface area (Å²) >= 11 is 1.46. The van der Waals surface area contributed by atoms with Crippen LogP contribution in [0.4, 0.5) is 4.39 Å². The molecule has 3 aromatic rings. The van der Waals surface area contributed by atoms with Gasteiger partial charge in [0.15, 0.2) is 0 Å². The Balaban J connectivity index is 2.05. The van der Waals surface area contributed by atoms with Gasteiger partial charge in [-0.3, -0.25) is 4.99 Å². The summed E-state index contributed by atoms with van der Waals surface area (Å²) in [6.07, 6.45) is 1.69. The molecule has 132 valence electrons. The topological polar surface area (TPSA) is 49.9 Å². The van der Waals surface area contributed by atoms with E-state index >= 15 is 0 Å². The molecule has 26 heavy (non-hydrogen) atoms. The van der Waals surface area contributed by atoms with Gasteiger partial charge < -0.3 is 5.11 Å². The Morgan fingerprint density at radius 2 is 1.88 bits per heavy atom. The standard InChI is InChI=1S/C20H18FN3OS/c1-14(2)11-22-20-24(23-12-15-3-9-18(25)10-4-15)19(13-26-20)16-5-7-17(21)8-6-16/h3-10,12-13,25H,1,11H2,2H3. The molecule has 0 amide bonds. The van der Waals surface area contributed by atoms with E-state index in [2.05, 4.69) is 16.7 Å². The Bertz CT molecular complexity index is 999. The molecule has 1 N–H and O–H groups in total. The molecule has 0 spiro atoms. The summed E-state index contributed by atoms with van der Waals surface area (Å²) in [6.45, 7) is 6.30. The van der Waals surface area contributed by atoms with Crippen molar-refractivity contribution in [1.82, 2.24) is 4.68 Å². The molecule has 3 rings (SSSR count). The number of rotatable bonds is 5. The van der Waals surface area contributed by atoms with Gasteiger partial charge in [-0.1, -0.05) is 12.2 Å². The Morgan fingerprint density at radius 3 is 2.54 bits per heavy atom. The van der Waals surface area contributed by atoms with Gasteiger partial charge in [-0.25, -0.2) is 9.07 Å². The molecule has 0 fully saturated rings. The first-order valence-electron chi connectivity index (χ1n) is 7.97. The van der Waals surface area contributed by atoms with Gasteiger partial charge >= 0.3 is 0 Å². The lowest BCUT2D eigenvalue weighted by Gasteiger charge is -2.04. The number of phenols is 1. The molecule has 0 saturated carbocycles. The van der Waals surface area contributed by atoms with E-state index < -0.39 is 0 Å². The van der Waals surface area contributed by atoms with Crippen LogP contribution in [0.15, 0.2) is 76.2 Å². The number of nitrogens with zero attached hydrogens (tertiary/aromatic N) is 3. The van der Waals surface area contributed by atoms with Crippen molar-refractivity contribution in [3.63, 3.8) is 0 Å². The molecule has 0 saturated heterocycles. The number of thiazole rings is 1. The molecule has 0 radical (unpaired) electrons. The third-order valence-electron chi connectivity index (χ3n) is 3.52. The highest BCUT2D eigenvalue weighted by Gasteiger charge is 2.07. The minimum Gasteiger partial charge on any atom is -0.508 e. The van der Waals surface area contributed by atoms with Crippen molar-refractivity contribution in [2.45, 2.75) is 6.92 Å². The molecule has 0 unspecified atom stereocenters. The largest absolute Gasteiger partial charge is 0.508 e. The lowest BCUT2D eigenvalue weighted by Crippen LogP contribution is -2.13. The fourth-order valence-electron chi connectivity index (χ4n) is 2.23. The van der Waals surface area contributed by atoms with Crippen molar-refractivity contribution in [3.8, 4) is 17.0 Å². The number of phenolic OH excluding ortho intramolecular Hbond substituents is 1. The van der Waals surface area contributed by atoms with E-state index in [-0.39, 0.29) is 11.6 Å². The Hall–Kier alpha value is -2.99. The highest BCUT2D eigenvalue weighted by Crippen LogP contribution is 2.20. The molecule has 0 atom stereocenters. The minimum absolute atomic E-state index is 0.203. The molecular weight excluding hydrogens is 349 g/mol. The quantitative estimate of drug-likeness (QED) is 0.527. The Morgan fingerprint density at radius 1 is 1.19 bits per heavy atom. The van der Waals surface area contributed by atoms with Crippen LogP contribution in [0.1, 0.15) is 12.5 Å². The van der Waals surface area contributed by atoms with E-state index in [0.29, 0.717) is 6.54 Å². The van der Waals surface area contributed by atoms with Gasteiger partial charge in [-0.2, -0.15) is 5.10 Å². The second kappa shape index (κ2) is 7.93. The summed E-state index contributed by atoms with van der Waals surface area (Å²) in [5.74, 6) is -0.0789. The van der Waals surface area contributed by atoms with Crippen LogP contribution in [-0.4, -0.2) is 22.5 Å². The molecule has 6 heteroatoms. The van der Waals surface area contributed by atoms with Crippen LogP contribution in [0.3, 0.4) is 0 Å². The van der Waals surface area contributed by atoms with Crippen LogP contribution in [0, 0.1) is 5.82 Å². The summed E-state index contributed by atoms with van der Waals surface area (Å²) < 4.78 is 15.0. The average molecular weight is 367 g/mol. The lowest BCUT2D eigenvalue weighted by molar-refractivity contribution is 0.475. The maximum absolute atomic E-state index is 13.2. The van der Waals surface area contributed by atoms with Crippen LogP contribution in [0.25, 0.3) is 11.3 Å². The van der Waals surface area contributed by atoms with E-state index in [1.54, 1.807) is 47.3 Å². The van der Waals surface area contributed by atoms with Crippen LogP contribution < -0.4 is 4.80 Å². The highest BCUT2D eigenvalue weighted by molar-refractivity contribution is 7.07.